The lowest BCUT2D eigenvalue weighted by molar-refractivity contribution is -0.153. The van der Waals surface area contributed by atoms with Crippen molar-refractivity contribution in [1.82, 2.24) is 0 Å². The van der Waals surface area contributed by atoms with Crippen LogP contribution in [0.4, 0.5) is 0 Å². The van der Waals surface area contributed by atoms with Gasteiger partial charge in [-0.1, -0.05) is 79.4 Å². The molecule has 0 heterocycles. The Morgan fingerprint density at radius 2 is 1.52 bits per heavy atom. The molecule has 0 amide bonds. The molecule has 1 atom stereocenters. The maximum atomic E-state index is 12.7. The highest BCUT2D eigenvalue weighted by atomic mass is 16.5. The fraction of sp³-hybridized carbons (Fsp3) is 0.160. The minimum absolute atomic E-state index is 0.0492. The number of hydrogen-bond donors (Lipinski definition) is 2. The summed E-state index contributed by atoms with van der Waals surface area (Å²) in [4.78, 5) is 37.0. The molecule has 6 nitrogen and oxygen atoms in total. The average Bonchev–Trinajstić information content (AvgIpc) is 2.77. The highest BCUT2D eigenvalue weighted by Gasteiger charge is 2.49. The minimum Gasteiger partial charge on any atom is -0.480 e. The van der Waals surface area contributed by atoms with Crippen LogP contribution in [0, 0.1) is 0 Å². The van der Waals surface area contributed by atoms with Crippen molar-refractivity contribution in [2.75, 3.05) is 6.61 Å². The van der Waals surface area contributed by atoms with E-state index in [-0.39, 0.29) is 12.2 Å². The van der Waals surface area contributed by atoms with Crippen LogP contribution >= 0.6 is 0 Å². The molecule has 0 aliphatic heterocycles. The van der Waals surface area contributed by atoms with Crippen molar-refractivity contribution < 1.29 is 29.3 Å². The molecule has 0 bridgehead atoms. The molecule has 3 aromatic carbocycles. The number of ether oxygens (including phenoxy) is 1. The first-order valence-corrected chi connectivity index (χ1v) is 9.70. The van der Waals surface area contributed by atoms with Crippen molar-refractivity contribution in [3.63, 3.8) is 0 Å². The van der Waals surface area contributed by atoms with E-state index >= 15 is 0 Å². The van der Waals surface area contributed by atoms with Crippen molar-refractivity contribution in [3.05, 3.63) is 96.1 Å². The molecule has 0 aromatic heterocycles. The second-order valence-electron chi connectivity index (χ2n) is 7.15. The molecular weight excluding hydrogens is 396 g/mol. The molecule has 1 unspecified atom stereocenters. The number of aliphatic carboxylic acids is 2. The number of fused-ring (bicyclic) bond motifs is 1. The Morgan fingerprint density at radius 3 is 2.19 bits per heavy atom. The number of carbonyl (C=O) groups is 3. The molecule has 31 heavy (non-hydrogen) atoms. The molecule has 6 heteroatoms. The molecule has 0 radical (unpaired) electrons. The Kier molecular flexibility index (Phi) is 6.50. The summed E-state index contributed by atoms with van der Waals surface area (Å²) < 4.78 is 5.28. The van der Waals surface area contributed by atoms with Crippen LogP contribution < -0.4 is 0 Å². The van der Waals surface area contributed by atoms with Gasteiger partial charge in [-0.25, -0.2) is 4.79 Å². The molecule has 0 aliphatic carbocycles. The summed E-state index contributed by atoms with van der Waals surface area (Å²) >= 11 is 0. The van der Waals surface area contributed by atoms with Gasteiger partial charge in [0.15, 0.2) is 0 Å². The SMILES string of the molecule is C=C(C(=O)O)C(CC(=O)OCCc1ccccc1)(C(=O)O)c1cccc2ccccc12. The third-order valence-corrected chi connectivity index (χ3v) is 5.29. The number of carbonyl (C=O) groups excluding carboxylic acids is 1. The van der Waals surface area contributed by atoms with Gasteiger partial charge >= 0.3 is 17.9 Å². The van der Waals surface area contributed by atoms with Gasteiger partial charge in [0.05, 0.1) is 18.6 Å². The third-order valence-electron chi connectivity index (χ3n) is 5.29. The number of rotatable bonds is 9. The highest BCUT2D eigenvalue weighted by molar-refractivity contribution is 6.05. The standard InChI is InChI=1S/C25H22O6/c1-17(23(27)28)25(24(29)30,21-13-7-11-19-10-5-6-12-20(19)21)16-22(26)31-15-14-18-8-3-2-4-9-18/h2-13H,1,14-16H2,(H,27,28)(H,29,30). The Hall–Kier alpha value is -3.93. The Morgan fingerprint density at radius 1 is 0.871 bits per heavy atom. The number of hydrogen-bond acceptors (Lipinski definition) is 4. The number of esters is 1. The maximum absolute atomic E-state index is 12.7. The molecule has 3 aromatic rings. The fourth-order valence-electron chi connectivity index (χ4n) is 3.66. The summed E-state index contributed by atoms with van der Waals surface area (Å²) in [5.74, 6) is -3.78. The molecule has 0 saturated heterocycles. The summed E-state index contributed by atoms with van der Waals surface area (Å²) in [6.07, 6.45) is -0.225. The normalized spacial score (nSPS) is 12.6. The van der Waals surface area contributed by atoms with E-state index in [0.717, 1.165) is 10.9 Å². The summed E-state index contributed by atoms with van der Waals surface area (Å²) in [5.41, 5.74) is -1.62. The van der Waals surface area contributed by atoms with E-state index in [4.69, 9.17) is 4.74 Å². The van der Waals surface area contributed by atoms with E-state index in [1.807, 2.05) is 30.3 Å². The average molecular weight is 418 g/mol. The van der Waals surface area contributed by atoms with Crippen LogP contribution in [0.25, 0.3) is 10.8 Å². The van der Waals surface area contributed by atoms with Crippen LogP contribution in [0.3, 0.4) is 0 Å². The monoisotopic (exact) mass is 418 g/mol. The van der Waals surface area contributed by atoms with E-state index in [9.17, 15) is 24.6 Å². The van der Waals surface area contributed by atoms with Gasteiger partial charge in [-0.2, -0.15) is 0 Å². The highest BCUT2D eigenvalue weighted by Crippen LogP contribution is 2.40. The van der Waals surface area contributed by atoms with Crippen molar-refractivity contribution >= 4 is 28.7 Å². The van der Waals surface area contributed by atoms with Crippen LogP contribution in [-0.2, 0) is 31.0 Å². The Labute approximate surface area is 179 Å². The zero-order valence-corrected chi connectivity index (χ0v) is 16.8. The summed E-state index contributed by atoms with van der Waals surface area (Å²) in [7, 11) is 0. The topological polar surface area (TPSA) is 101 Å². The first-order chi connectivity index (χ1) is 14.9. The smallest absolute Gasteiger partial charge is 0.332 e. The van der Waals surface area contributed by atoms with E-state index < -0.39 is 35.3 Å². The van der Waals surface area contributed by atoms with Gasteiger partial charge in [0.25, 0.3) is 0 Å². The van der Waals surface area contributed by atoms with Gasteiger partial charge in [-0.05, 0) is 21.9 Å². The Bertz CT molecular complexity index is 1130. The molecule has 0 spiro atoms. The van der Waals surface area contributed by atoms with Crippen molar-refractivity contribution in [1.29, 1.82) is 0 Å². The van der Waals surface area contributed by atoms with Gasteiger partial charge < -0.3 is 14.9 Å². The largest absolute Gasteiger partial charge is 0.480 e. The summed E-state index contributed by atoms with van der Waals surface area (Å²) in [6, 6.07) is 21.3. The van der Waals surface area contributed by atoms with Crippen LogP contribution in [0.1, 0.15) is 17.5 Å². The van der Waals surface area contributed by atoms with Crippen LogP contribution in [0.2, 0.25) is 0 Å². The molecule has 0 fully saturated rings. The van der Waals surface area contributed by atoms with E-state index in [2.05, 4.69) is 6.58 Å². The molecule has 3 rings (SSSR count). The summed E-state index contributed by atoms with van der Waals surface area (Å²) in [5, 5.41) is 21.1. The predicted octanol–water partition coefficient (Wildman–Crippen LogP) is 3.98. The molecular formula is C25H22O6. The van der Waals surface area contributed by atoms with E-state index in [1.165, 1.54) is 6.07 Å². The second-order valence-corrected chi connectivity index (χ2v) is 7.15. The summed E-state index contributed by atoms with van der Waals surface area (Å²) in [6.45, 7) is 3.57. The lowest BCUT2D eigenvalue weighted by Gasteiger charge is -2.30. The fourth-order valence-corrected chi connectivity index (χ4v) is 3.66. The molecule has 0 aliphatic rings. The lowest BCUT2D eigenvalue weighted by Crippen LogP contribution is -2.43. The van der Waals surface area contributed by atoms with Gasteiger partial charge in [-0.15, -0.1) is 0 Å². The van der Waals surface area contributed by atoms with Crippen molar-refractivity contribution in [2.45, 2.75) is 18.3 Å². The number of benzene rings is 3. The van der Waals surface area contributed by atoms with Gasteiger partial charge in [0.1, 0.15) is 5.41 Å². The zero-order chi connectivity index (χ0) is 22.4. The maximum Gasteiger partial charge on any atom is 0.332 e. The van der Waals surface area contributed by atoms with Crippen LogP contribution in [0.15, 0.2) is 84.9 Å². The molecule has 0 saturated carbocycles. The zero-order valence-electron chi connectivity index (χ0n) is 16.8. The number of carboxylic acids is 2. The molecule has 158 valence electrons. The third kappa shape index (κ3) is 4.48. The van der Waals surface area contributed by atoms with E-state index in [0.29, 0.717) is 11.8 Å². The van der Waals surface area contributed by atoms with Crippen LogP contribution in [-0.4, -0.2) is 34.7 Å². The predicted molar refractivity (Wildman–Crippen MR) is 116 cm³/mol. The van der Waals surface area contributed by atoms with Crippen molar-refractivity contribution in [2.24, 2.45) is 0 Å². The second kappa shape index (κ2) is 9.26. The van der Waals surface area contributed by atoms with Crippen molar-refractivity contribution in [3.8, 4) is 0 Å². The van der Waals surface area contributed by atoms with Gasteiger partial charge in [0.2, 0.25) is 0 Å². The van der Waals surface area contributed by atoms with E-state index in [1.54, 1.807) is 36.4 Å². The van der Waals surface area contributed by atoms with Crippen LogP contribution in [0.5, 0.6) is 0 Å². The minimum atomic E-state index is -2.17. The van der Waals surface area contributed by atoms with Gasteiger partial charge in [0, 0.05) is 6.42 Å². The van der Waals surface area contributed by atoms with Gasteiger partial charge in [-0.3, -0.25) is 9.59 Å². The quantitative estimate of drug-likeness (QED) is 0.403. The Balaban J connectivity index is 1.96. The first-order valence-electron chi connectivity index (χ1n) is 9.70. The lowest BCUT2D eigenvalue weighted by atomic mass is 9.70. The first kappa shape index (κ1) is 21.8. The number of carboxylic acid groups (broad SMARTS) is 2. The molecule has 2 N–H and O–H groups in total.